The lowest BCUT2D eigenvalue weighted by atomic mass is 9.84. The lowest BCUT2D eigenvalue weighted by Gasteiger charge is -2.29. The van der Waals surface area contributed by atoms with E-state index in [4.69, 9.17) is 5.73 Å². The average molecular weight is 156 g/mol. The zero-order valence-electron chi connectivity index (χ0n) is 7.18. The predicted molar refractivity (Wildman–Crippen MR) is 44.0 cm³/mol. The van der Waals surface area contributed by atoms with Crippen LogP contribution in [0.4, 0.5) is 0 Å². The number of carbonyl (C=O) groups is 1. The Morgan fingerprint density at radius 2 is 2.27 bits per heavy atom. The molecular weight excluding hydrogens is 140 g/mol. The highest BCUT2D eigenvalue weighted by molar-refractivity contribution is 5.85. The maximum atomic E-state index is 11.1. The number of amides is 1. The molecule has 0 unspecified atom stereocenters. The molecule has 11 heavy (non-hydrogen) atoms. The first-order valence-corrected chi connectivity index (χ1v) is 4.14. The van der Waals surface area contributed by atoms with Crippen LogP contribution in [-0.2, 0) is 4.79 Å². The van der Waals surface area contributed by atoms with Crippen LogP contribution >= 0.6 is 0 Å². The molecule has 0 aromatic rings. The second kappa shape index (κ2) is 2.81. The van der Waals surface area contributed by atoms with Gasteiger partial charge in [-0.15, -0.1) is 0 Å². The largest absolute Gasteiger partial charge is 0.368 e. The van der Waals surface area contributed by atoms with Gasteiger partial charge in [0.25, 0.3) is 0 Å². The Morgan fingerprint density at radius 1 is 1.64 bits per heavy atom. The van der Waals surface area contributed by atoms with Gasteiger partial charge in [0, 0.05) is 0 Å². The molecule has 0 aromatic heterocycles. The van der Waals surface area contributed by atoms with E-state index < -0.39 is 5.54 Å². The summed E-state index contributed by atoms with van der Waals surface area (Å²) in [5, 5.41) is 3.19. The van der Waals surface area contributed by atoms with Crippen LogP contribution in [0.15, 0.2) is 0 Å². The average Bonchev–Trinajstić information content (AvgIpc) is 2.34. The zero-order valence-corrected chi connectivity index (χ0v) is 7.18. The maximum absolute atomic E-state index is 11.1. The van der Waals surface area contributed by atoms with Gasteiger partial charge in [-0.3, -0.25) is 4.79 Å². The van der Waals surface area contributed by atoms with Crippen LogP contribution in [0.25, 0.3) is 0 Å². The molecule has 1 heterocycles. The predicted octanol–water partition coefficient (Wildman–Crippen LogP) is 0.250. The molecule has 0 aliphatic carbocycles. The number of nitrogens with one attached hydrogen (secondary N) is 1. The van der Waals surface area contributed by atoms with E-state index in [1.165, 1.54) is 0 Å². The molecule has 0 spiro atoms. The number of primary amides is 1. The summed E-state index contributed by atoms with van der Waals surface area (Å²) >= 11 is 0. The van der Waals surface area contributed by atoms with Crippen molar-refractivity contribution in [2.24, 2.45) is 11.7 Å². The minimum atomic E-state index is -0.417. The highest BCUT2D eigenvalue weighted by Crippen LogP contribution is 2.26. The molecule has 1 atom stereocenters. The van der Waals surface area contributed by atoms with Crippen molar-refractivity contribution in [2.75, 3.05) is 6.54 Å². The van der Waals surface area contributed by atoms with Gasteiger partial charge >= 0.3 is 0 Å². The van der Waals surface area contributed by atoms with Gasteiger partial charge in [0.05, 0.1) is 5.54 Å². The first-order chi connectivity index (χ1) is 5.09. The topological polar surface area (TPSA) is 55.1 Å². The van der Waals surface area contributed by atoms with Crippen LogP contribution in [0.3, 0.4) is 0 Å². The lowest BCUT2D eigenvalue weighted by Crippen LogP contribution is -2.55. The molecule has 0 bridgehead atoms. The summed E-state index contributed by atoms with van der Waals surface area (Å²) in [7, 11) is 0. The van der Waals surface area contributed by atoms with Gasteiger partial charge < -0.3 is 11.1 Å². The van der Waals surface area contributed by atoms with Crippen LogP contribution < -0.4 is 11.1 Å². The van der Waals surface area contributed by atoms with Gasteiger partial charge in [-0.25, -0.2) is 0 Å². The standard InChI is InChI=1S/C8H16N2O/c1-6(2)8(7(9)11)4-3-5-10-8/h6,10H,3-5H2,1-2H3,(H2,9,11)/t8-/m0/s1. The van der Waals surface area contributed by atoms with Crippen molar-refractivity contribution in [2.45, 2.75) is 32.2 Å². The van der Waals surface area contributed by atoms with E-state index in [1.807, 2.05) is 13.8 Å². The number of rotatable bonds is 2. The van der Waals surface area contributed by atoms with E-state index in [1.54, 1.807) is 0 Å². The van der Waals surface area contributed by atoms with Gasteiger partial charge in [0.1, 0.15) is 0 Å². The van der Waals surface area contributed by atoms with E-state index in [0.29, 0.717) is 5.92 Å². The van der Waals surface area contributed by atoms with Crippen molar-refractivity contribution in [3.8, 4) is 0 Å². The fourth-order valence-electron chi connectivity index (χ4n) is 1.75. The Bertz CT molecular complexity index is 159. The normalized spacial score (nSPS) is 31.2. The smallest absolute Gasteiger partial charge is 0.237 e. The fraction of sp³-hybridized carbons (Fsp3) is 0.875. The maximum Gasteiger partial charge on any atom is 0.237 e. The Labute approximate surface area is 67.3 Å². The first kappa shape index (κ1) is 8.53. The van der Waals surface area contributed by atoms with Crippen LogP contribution in [0.5, 0.6) is 0 Å². The van der Waals surface area contributed by atoms with Crippen molar-refractivity contribution >= 4 is 5.91 Å². The van der Waals surface area contributed by atoms with Crippen LogP contribution in [0.2, 0.25) is 0 Å². The molecule has 0 aromatic carbocycles. The van der Waals surface area contributed by atoms with Gasteiger partial charge in [0.2, 0.25) is 5.91 Å². The minimum absolute atomic E-state index is 0.204. The van der Waals surface area contributed by atoms with Crippen molar-refractivity contribution in [1.82, 2.24) is 5.32 Å². The first-order valence-electron chi connectivity index (χ1n) is 4.14. The molecule has 1 saturated heterocycles. The molecule has 1 aliphatic rings. The van der Waals surface area contributed by atoms with E-state index in [2.05, 4.69) is 5.32 Å². The summed E-state index contributed by atoms with van der Waals surface area (Å²) in [6.07, 6.45) is 1.95. The molecule has 1 amide bonds. The second-order valence-corrected chi connectivity index (χ2v) is 3.52. The highest BCUT2D eigenvalue weighted by atomic mass is 16.1. The summed E-state index contributed by atoms with van der Waals surface area (Å²) in [6.45, 7) is 4.98. The van der Waals surface area contributed by atoms with Crippen LogP contribution in [0.1, 0.15) is 26.7 Å². The Balaban J connectivity index is 2.79. The quantitative estimate of drug-likeness (QED) is 0.602. The third-order valence-corrected chi connectivity index (χ3v) is 2.61. The van der Waals surface area contributed by atoms with E-state index in [9.17, 15) is 4.79 Å². The Morgan fingerprint density at radius 3 is 2.45 bits per heavy atom. The lowest BCUT2D eigenvalue weighted by molar-refractivity contribution is -0.125. The monoisotopic (exact) mass is 156 g/mol. The van der Waals surface area contributed by atoms with Crippen molar-refractivity contribution in [3.05, 3.63) is 0 Å². The molecule has 1 aliphatic heterocycles. The molecule has 0 saturated carbocycles. The van der Waals surface area contributed by atoms with Crippen molar-refractivity contribution in [3.63, 3.8) is 0 Å². The molecule has 64 valence electrons. The highest BCUT2D eigenvalue weighted by Gasteiger charge is 2.41. The number of nitrogens with two attached hydrogens (primary N) is 1. The van der Waals surface area contributed by atoms with E-state index in [0.717, 1.165) is 19.4 Å². The summed E-state index contributed by atoms with van der Waals surface area (Å²) in [4.78, 5) is 11.1. The minimum Gasteiger partial charge on any atom is -0.368 e. The Kier molecular flexibility index (Phi) is 2.18. The van der Waals surface area contributed by atoms with E-state index in [-0.39, 0.29) is 5.91 Å². The molecule has 3 N–H and O–H groups in total. The molecule has 1 rings (SSSR count). The molecule has 1 fully saturated rings. The summed E-state index contributed by atoms with van der Waals surface area (Å²) < 4.78 is 0. The SMILES string of the molecule is CC(C)[C@]1(C(N)=O)CCCN1. The van der Waals surface area contributed by atoms with Crippen LogP contribution in [-0.4, -0.2) is 18.0 Å². The summed E-state index contributed by atoms with van der Waals surface area (Å²) in [6, 6.07) is 0. The fourth-order valence-corrected chi connectivity index (χ4v) is 1.75. The van der Waals surface area contributed by atoms with Crippen molar-refractivity contribution in [1.29, 1.82) is 0 Å². The van der Waals surface area contributed by atoms with Gasteiger partial charge in [0.15, 0.2) is 0 Å². The van der Waals surface area contributed by atoms with Crippen molar-refractivity contribution < 1.29 is 4.79 Å². The number of hydrogen-bond donors (Lipinski definition) is 2. The molecule has 3 heteroatoms. The van der Waals surface area contributed by atoms with Crippen LogP contribution in [0, 0.1) is 5.92 Å². The second-order valence-electron chi connectivity index (χ2n) is 3.52. The molecule has 3 nitrogen and oxygen atoms in total. The van der Waals surface area contributed by atoms with Gasteiger partial charge in [-0.05, 0) is 25.3 Å². The van der Waals surface area contributed by atoms with Gasteiger partial charge in [-0.2, -0.15) is 0 Å². The Hall–Kier alpha value is -0.570. The molecule has 0 radical (unpaired) electrons. The van der Waals surface area contributed by atoms with Gasteiger partial charge in [-0.1, -0.05) is 13.8 Å². The summed E-state index contributed by atoms with van der Waals surface area (Å²) in [5.41, 5.74) is 4.92. The summed E-state index contributed by atoms with van der Waals surface area (Å²) in [5.74, 6) is 0.0903. The molecular formula is C8H16N2O. The third-order valence-electron chi connectivity index (χ3n) is 2.61. The van der Waals surface area contributed by atoms with E-state index >= 15 is 0 Å². The number of hydrogen-bond acceptors (Lipinski definition) is 2. The third kappa shape index (κ3) is 1.25. The zero-order chi connectivity index (χ0) is 8.48. The number of carbonyl (C=O) groups excluding carboxylic acids is 1.